The lowest BCUT2D eigenvalue weighted by Gasteiger charge is -2.43. The Balaban J connectivity index is 1.83. The Morgan fingerprint density at radius 3 is 2.53 bits per heavy atom. The Labute approximate surface area is 93.8 Å². The Morgan fingerprint density at radius 2 is 1.93 bits per heavy atom. The van der Waals surface area contributed by atoms with Crippen LogP contribution in [0, 0.1) is 5.92 Å². The number of likely N-dealkylation sites (N-methyl/N-ethyl adjacent to an activating group) is 1. The van der Waals surface area contributed by atoms with Gasteiger partial charge in [-0.2, -0.15) is 0 Å². The van der Waals surface area contributed by atoms with Crippen molar-refractivity contribution >= 4 is 0 Å². The fourth-order valence-corrected chi connectivity index (χ4v) is 2.95. The molecule has 2 aliphatic rings. The molecule has 15 heavy (non-hydrogen) atoms. The predicted molar refractivity (Wildman–Crippen MR) is 64.1 cm³/mol. The molecule has 2 aliphatic heterocycles. The maximum atomic E-state index is 3.49. The second kappa shape index (κ2) is 5.28. The van der Waals surface area contributed by atoms with E-state index in [1.807, 2.05) is 0 Å². The first-order chi connectivity index (χ1) is 7.31. The monoisotopic (exact) mass is 211 g/mol. The molecular formula is C12H25N3. The summed E-state index contributed by atoms with van der Waals surface area (Å²) < 4.78 is 0. The number of nitrogens with one attached hydrogen (secondary N) is 1. The molecule has 3 nitrogen and oxygen atoms in total. The van der Waals surface area contributed by atoms with E-state index in [1.54, 1.807) is 0 Å². The van der Waals surface area contributed by atoms with Crippen LogP contribution in [0.15, 0.2) is 0 Å². The molecule has 0 aromatic rings. The standard InChI is InChI=1S/C12H25N3/c1-3-14-6-8-15(9-7-14)12-4-5-13-10-11(12)2/h11-13H,3-10H2,1-2H3. The van der Waals surface area contributed by atoms with E-state index in [0.717, 1.165) is 12.0 Å². The van der Waals surface area contributed by atoms with Crippen LogP contribution in [0.25, 0.3) is 0 Å². The predicted octanol–water partition coefficient (Wildman–Crippen LogP) is 0.622. The largest absolute Gasteiger partial charge is 0.316 e. The van der Waals surface area contributed by atoms with E-state index < -0.39 is 0 Å². The Hall–Kier alpha value is -0.120. The van der Waals surface area contributed by atoms with Gasteiger partial charge in [0.25, 0.3) is 0 Å². The SMILES string of the molecule is CCN1CCN(C2CCNCC2C)CC1. The summed E-state index contributed by atoms with van der Waals surface area (Å²) in [6, 6.07) is 0.838. The van der Waals surface area contributed by atoms with Crippen LogP contribution in [0.4, 0.5) is 0 Å². The molecule has 0 aliphatic carbocycles. The van der Waals surface area contributed by atoms with Gasteiger partial charge in [-0.05, 0) is 32.0 Å². The number of hydrogen-bond acceptors (Lipinski definition) is 3. The molecule has 0 aromatic carbocycles. The van der Waals surface area contributed by atoms with E-state index in [-0.39, 0.29) is 0 Å². The molecule has 2 rings (SSSR count). The highest BCUT2D eigenvalue weighted by Gasteiger charge is 2.28. The van der Waals surface area contributed by atoms with Crippen LogP contribution < -0.4 is 5.32 Å². The van der Waals surface area contributed by atoms with E-state index in [0.29, 0.717) is 0 Å². The molecule has 2 atom stereocenters. The maximum Gasteiger partial charge on any atom is 0.0146 e. The Morgan fingerprint density at radius 1 is 1.20 bits per heavy atom. The summed E-state index contributed by atoms with van der Waals surface area (Å²) in [6.07, 6.45) is 1.34. The van der Waals surface area contributed by atoms with Gasteiger partial charge < -0.3 is 10.2 Å². The molecule has 0 aromatic heterocycles. The first kappa shape index (κ1) is 11.4. The van der Waals surface area contributed by atoms with E-state index >= 15 is 0 Å². The highest BCUT2D eigenvalue weighted by Crippen LogP contribution is 2.19. The second-order valence-corrected chi connectivity index (χ2v) is 5.01. The van der Waals surface area contributed by atoms with Gasteiger partial charge in [0.15, 0.2) is 0 Å². The van der Waals surface area contributed by atoms with E-state index in [2.05, 4.69) is 29.0 Å². The summed E-state index contributed by atoms with van der Waals surface area (Å²) in [6.45, 7) is 13.4. The first-order valence-corrected chi connectivity index (χ1v) is 6.48. The lowest BCUT2D eigenvalue weighted by Crippen LogP contribution is -2.55. The minimum Gasteiger partial charge on any atom is -0.316 e. The third kappa shape index (κ3) is 2.71. The maximum absolute atomic E-state index is 3.49. The number of rotatable bonds is 2. The molecule has 0 radical (unpaired) electrons. The highest BCUT2D eigenvalue weighted by atomic mass is 15.3. The van der Waals surface area contributed by atoms with Gasteiger partial charge in [-0.25, -0.2) is 0 Å². The fraction of sp³-hybridized carbons (Fsp3) is 1.00. The molecule has 0 amide bonds. The zero-order valence-corrected chi connectivity index (χ0v) is 10.2. The number of nitrogens with zero attached hydrogens (tertiary/aromatic N) is 2. The molecule has 2 fully saturated rings. The molecule has 0 spiro atoms. The third-order valence-electron chi connectivity index (χ3n) is 4.06. The highest BCUT2D eigenvalue weighted by molar-refractivity contribution is 4.85. The van der Waals surface area contributed by atoms with Crippen molar-refractivity contribution in [1.82, 2.24) is 15.1 Å². The van der Waals surface area contributed by atoms with Gasteiger partial charge in [0.1, 0.15) is 0 Å². The van der Waals surface area contributed by atoms with Gasteiger partial charge in [-0.15, -0.1) is 0 Å². The molecule has 2 heterocycles. The minimum atomic E-state index is 0.826. The van der Waals surface area contributed by atoms with Crippen LogP contribution in [0.2, 0.25) is 0 Å². The number of piperazine rings is 1. The van der Waals surface area contributed by atoms with Crippen molar-refractivity contribution in [3.8, 4) is 0 Å². The van der Waals surface area contributed by atoms with Crippen molar-refractivity contribution in [3.63, 3.8) is 0 Å². The van der Waals surface area contributed by atoms with Gasteiger partial charge in [0.2, 0.25) is 0 Å². The molecular weight excluding hydrogens is 186 g/mol. The minimum absolute atomic E-state index is 0.826. The van der Waals surface area contributed by atoms with E-state index in [9.17, 15) is 0 Å². The average molecular weight is 211 g/mol. The normalized spacial score (nSPS) is 35.6. The average Bonchev–Trinajstić information content (AvgIpc) is 2.30. The summed E-state index contributed by atoms with van der Waals surface area (Å²) in [4.78, 5) is 5.28. The topological polar surface area (TPSA) is 18.5 Å². The van der Waals surface area contributed by atoms with Gasteiger partial charge in [0, 0.05) is 32.2 Å². The molecule has 2 unspecified atom stereocenters. The van der Waals surface area contributed by atoms with Crippen molar-refractivity contribution < 1.29 is 0 Å². The number of hydrogen-bond donors (Lipinski definition) is 1. The third-order valence-corrected chi connectivity index (χ3v) is 4.06. The summed E-state index contributed by atoms with van der Waals surface area (Å²) in [5.74, 6) is 0.826. The lowest BCUT2D eigenvalue weighted by molar-refractivity contribution is 0.0614. The Kier molecular flexibility index (Phi) is 4.00. The summed E-state index contributed by atoms with van der Waals surface area (Å²) in [5, 5.41) is 3.49. The summed E-state index contributed by atoms with van der Waals surface area (Å²) in [5.41, 5.74) is 0. The zero-order chi connectivity index (χ0) is 10.7. The number of piperidine rings is 1. The Bertz CT molecular complexity index is 187. The van der Waals surface area contributed by atoms with Crippen molar-refractivity contribution in [2.24, 2.45) is 5.92 Å². The van der Waals surface area contributed by atoms with Crippen LogP contribution in [-0.2, 0) is 0 Å². The fourth-order valence-electron chi connectivity index (χ4n) is 2.95. The molecule has 3 heteroatoms. The van der Waals surface area contributed by atoms with Crippen molar-refractivity contribution in [3.05, 3.63) is 0 Å². The van der Waals surface area contributed by atoms with Crippen molar-refractivity contribution in [1.29, 1.82) is 0 Å². The van der Waals surface area contributed by atoms with Crippen LogP contribution in [0.5, 0.6) is 0 Å². The van der Waals surface area contributed by atoms with Gasteiger partial charge in [-0.3, -0.25) is 4.90 Å². The molecule has 88 valence electrons. The van der Waals surface area contributed by atoms with Gasteiger partial charge in [-0.1, -0.05) is 13.8 Å². The van der Waals surface area contributed by atoms with Crippen molar-refractivity contribution in [2.75, 3.05) is 45.8 Å². The zero-order valence-electron chi connectivity index (χ0n) is 10.2. The quantitative estimate of drug-likeness (QED) is 0.722. The molecule has 1 N–H and O–H groups in total. The van der Waals surface area contributed by atoms with Crippen LogP contribution >= 0.6 is 0 Å². The summed E-state index contributed by atoms with van der Waals surface area (Å²) in [7, 11) is 0. The second-order valence-electron chi connectivity index (χ2n) is 5.01. The molecule has 0 saturated carbocycles. The first-order valence-electron chi connectivity index (χ1n) is 6.48. The molecule has 2 saturated heterocycles. The smallest absolute Gasteiger partial charge is 0.0146 e. The van der Waals surface area contributed by atoms with Gasteiger partial charge in [0.05, 0.1) is 0 Å². The van der Waals surface area contributed by atoms with E-state index in [1.165, 1.54) is 52.2 Å². The van der Waals surface area contributed by atoms with Crippen molar-refractivity contribution in [2.45, 2.75) is 26.3 Å². The van der Waals surface area contributed by atoms with Crippen LogP contribution in [-0.4, -0.2) is 61.7 Å². The van der Waals surface area contributed by atoms with Gasteiger partial charge >= 0.3 is 0 Å². The molecule has 0 bridgehead atoms. The summed E-state index contributed by atoms with van der Waals surface area (Å²) >= 11 is 0. The van der Waals surface area contributed by atoms with Crippen LogP contribution in [0.3, 0.4) is 0 Å². The van der Waals surface area contributed by atoms with Crippen LogP contribution in [0.1, 0.15) is 20.3 Å². The van der Waals surface area contributed by atoms with E-state index in [4.69, 9.17) is 0 Å². The lowest BCUT2D eigenvalue weighted by atomic mass is 9.93.